The molecule has 30 heavy (non-hydrogen) atoms. The Hall–Kier alpha value is -2.37. The number of esters is 3. The van der Waals surface area contributed by atoms with Gasteiger partial charge in [0.15, 0.2) is 0 Å². The molecule has 0 fully saturated rings. The number of hydrogen-bond acceptors (Lipinski definition) is 6. The van der Waals surface area contributed by atoms with Crippen LogP contribution in [0.5, 0.6) is 0 Å². The molecule has 1 heterocycles. The van der Waals surface area contributed by atoms with Crippen molar-refractivity contribution in [2.45, 2.75) is 85.5 Å². The van der Waals surface area contributed by atoms with E-state index < -0.39 is 17.6 Å². The Morgan fingerprint density at radius 3 is 2.37 bits per heavy atom. The molecule has 0 bridgehead atoms. The van der Waals surface area contributed by atoms with E-state index >= 15 is 0 Å². The van der Waals surface area contributed by atoms with Crippen LogP contribution in [0.4, 0.5) is 0 Å². The molecule has 0 radical (unpaired) electrons. The van der Waals surface area contributed by atoms with Crippen molar-refractivity contribution in [2.24, 2.45) is 11.3 Å². The third-order valence-electron chi connectivity index (χ3n) is 6.98. The van der Waals surface area contributed by atoms with Gasteiger partial charge in [-0.2, -0.15) is 0 Å². The van der Waals surface area contributed by atoms with Crippen molar-refractivity contribution >= 4 is 17.9 Å². The molecule has 0 aromatic rings. The second-order valence-corrected chi connectivity index (χ2v) is 9.03. The quantitative estimate of drug-likeness (QED) is 0.381. The van der Waals surface area contributed by atoms with Gasteiger partial charge in [0.05, 0.1) is 0 Å². The SMILES string of the molecule is CC(=O)O[C@H]1CC=C(C)[C@H]2CC3=C(C)C(=O)O[C@H]3/C=C(/C)CC[C@H](OC(C)=O)[C@@]12C. The molecule has 0 N–H and O–H groups in total. The van der Waals surface area contributed by atoms with Crippen LogP contribution in [0.15, 0.2) is 34.4 Å². The topological polar surface area (TPSA) is 78.9 Å². The van der Waals surface area contributed by atoms with E-state index in [4.69, 9.17) is 14.2 Å². The highest BCUT2D eigenvalue weighted by atomic mass is 16.6. The van der Waals surface area contributed by atoms with Gasteiger partial charge in [-0.3, -0.25) is 9.59 Å². The van der Waals surface area contributed by atoms with Crippen LogP contribution in [0.3, 0.4) is 0 Å². The molecule has 0 saturated heterocycles. The van der Waals surface area contributed by atoms with Gasteiger partial charge >= 0.3 is 17.9 Å². The monoisotopic (exact) mass is 416 g/mol. The Morgan fingerprint density at radius 2 is 1.73 bits per heavy atom. The first-order chi connectivity index (χ1) is 14.0. The van der Waals surface area contributed by atoms with Crippen molar-refractivity contribution in [1.29, 1.82) is 0 Å². The molecule has 5 atom stereocenters. The van der Waals surface area contributed by atoms with Gasteiger partial charge in [-0.1, -0.05) is 24.1 Å². The lowest BCUT2D eigenvalue weighted by Crippen LogP contribution is -2.53. The molecule has 0 aromatic carbocycles. The number of ether oxygens (including phenoxy) is 3. The van der Waals surface area contributed by atoms with Crippen molar-refractivity contribution in [1.82, 2.24) is 0 Å². The zero-order chi connectivity index (χ0) is 22.2. The standard InChI is InChI=1S/C24H32O6/c1-13-7-9-21(28-16(4)25)24(6)19(14(2)8-10-22(24)29-17(5)26)12-18-15(3)23(27)30-20(18)11-13/h8,11,19-22H,7,9-10,12H2,1-6H3/b13-11-/t19-,20+,21+,22+,24+/m1/s1. The molecule has 164 valence electrons. The lowest BCUT2D eigenvalue weighted by Gasteiger charge is -2.50. The summed E-state index contributed by atoms with van der Waals surface area (Å²) in [5.41, 5.74) is 3.19. The summed E-state index contributed by atoms with van der Waals surface area (Å²) in [7, 11) is 0. The highest BCUT2D eigenvalue weighted by molar-refractivity contribution is 5.92. The van der Waals surface area contributed by atoms with E-state index in [1.807, 2.05) is 13.0 Å². The first kappa shape index (κ1) is 22.3. The van der Waals surface area contributed by atoms with E-state index in [0.29, 0.717) is 31.3 Å². The molecule has 6 nitrogen and oxygen atoms in total. The van der Waals surface area contributed by atoms with Gasteiger partial charge in [-0.15, -0.1) is 0 Å². The van der Waals surface area contributed by atoms with Crippen molar-refractivity contribution in [3.8, 4) is 0 Å². The van der Waals surface area contributed by atoms with E-state index in [1.54, 1.807) is 6.92 Å². The maximum Gasteiger partial charge on any atom is 0.334 e. The molecule has 0 unspecified atom stereocenters. The second-order valence-electron chi connectivity index (χ2n) is 9.03. The van der Waals surface area contributed by atoms with E-state index in [2.05, 4.69) is 19.9 Å². The van der Waals surface area contributed by atoms with E-state index in [9.17, 15) is 14.4 Å². The summed E-state index contributed by atoms with van der Waals surface area (Å²) >= 11 is 0. The largest absolute Gasteiger partial charge is 0.462 e. The predicted octanol–water partition coefficient (Wildman–Crippen LogP) is 4.19. The highest BCUT2D eigenvalue weighted by Gasteiger charge is 2.53. The van der Waals surface area contributed by atoms with Gasteiger partial charge in [-0.05, 0) is 57.6 Å². The minimum atomic E-state index is -0.628. The van der Waals surface area contributed by atoms with Gasteiger partial charge in [0.2, 0.25) is 0 Å². The lowest BCUT2D eigenvalue weighted by molar-refractivity contribution is -0.178. The summed E-state index contributed by atoms with van der Waals surface area (Å²) in [5.74, 6) is -1.05. The molecule has 0 saturated carbocycles. The lowest BCUT2D eigenvalue weighted by atomic mass is 9.59. The number of carbonyl (C=O) groups is 3. The number of rotatable bonds is 2. The number of hydrogen-bond donors (Lipinski definition) is 0. The Balaban J connectivity index is 2.16. The molecular weight excluding hydrogens is 384 g/mol. The third-order valence-corrected chi connectivity index (χ3v) is 6.98. The van der Waals surface area contributed by atoms with Gasteiger partial charge < -0.3 is 14.2 Å². The van der Waals surface area contributed by atoms with Crippen molar-refractivity contribution in [2.75, 3.05) is 0 Å². The van der Waals surface area contributed by atoms with Crippen molar-refractivity contribution in [3.63, 3.8) is 0 Å². The summed E-state index contributed by atoms with van der Waals surface area (Å²) < 4.78 is 17.3. The number of allylic oxidation sites excluding steroid dienone is 2. The summed E-state index contributed by atoms with van der Waals surface area (Å²) in [6, 6.07) is 0. The number of fused-ring (bicyclic) bond motifs is 2. The van der Waals surface area contributed by atoms with Crippen LogP contribution in [-0.4, -0.2) is 36.2 Å². The summed E-state index contributed by atoms with van der Waals surface area (Å²) in [6.45, 7) is 10.7. The Kier molecular flexibility index (Phi) is 6.25. The Labute approximate surface area is 178 Å². The van der Waals surface area contributed by atoms with Crippen LogP contribution in [-0.2, 0) is 28.6 Å². The smallest absolute Gasteiger partial charge is 0.334 e. The molecule has 3 aliphatic rings. The normalized spacial score (nSPS) is 35.9. The van der Waals surface area contributed by atoms with Crippen LogP contribution in [0.2, 0.25) is 0 Å². The zero-order valence-electron chi connectivity index (χ0n) is 18.7. The molecule has 3 rings (SSSR count). The van der Waals surface area contributed by atoms with Crippen LogP contribution in [0.1, 0.15) is 67.2 Å². The van der Waals surface area contributed by atoms with Crippen LogP contribution in [0, 0.1) is 11.3 Å². The van der Waals surface area contributed by atoms with Crippen molar-refractivity contribution < 1.29 is 28.6 Å². The average Bonchev–Trinajstić information content (AvgIpc) is 2.90. The highest BCUT2D eigenvalue weighted by Crippen LogP contribution is 2.52. The average molecular weight is 417 g/mol. The minimum absolute atomic E-state index is 0.0614. The minimum Gasteiger partial charge on any atom is -0.462 e. The Morgan fingerprint density at radius 1 is 1.10 bits per heavy atom. The fourth-order valence-corrected chi connectivity index (χ4v) is 5.23. The first-order valence-electron chi connectivity index (χ1n) is 10.6. The molecule has 1 aliphatic heterocycles. The summed E-state index contributed by atoms with van der Waals surface area (Å²) in [4.78, 5) is 36.3. The number of carbonyl (C=O) groups excluding carboxylic acids is 3. The van der Waals surface area contributed by atoms with Crippen LogP contribution >= 0.6 is 0 Å². The second kappa shape index (κ2) is 8.40. The van der Waals surface area contributed by atoms with E-state index in [0.717, 1.165) is 16.7 Å². The maximum atomic E-state index is 12.3. The van der Waals surface area contributed by atoms with Gasteiger partial charge in [0.25, 0.3) is 0 Å². The van der Waals surface area contributed by atoms with Gasteiger partial charge in [-0.25, -0.2) is 4.79 Å². The summed E-state index contributed by atoms with van der Waals surface area (Å²) in [6.07, 6.45) is 5.34. The molecule has 0 spiro atoms. The van der Waals surface area contributed by atoms with Crippen LogP contribution in [0.25, 0.3) is 0 Å². The van der Waals surface area contributed by atoms with Crippen LogP contribution < -0.4 is 0 Å². The van der Waals surface area contributed by atoms with Gasteiger partial charge in [0, 0.05) is 31.3 Å². The molecule has 0 aromatic heterocycles. The molecule has 6 heteroatoms. The molecule has 2 aliphatic carbocycles. The fourth-order valence-electron chi connectivity index (χ4n) is 5.23. The predicted molar refractivity (Wildman–Crippen MR) is 111 cm³/mol. The Bertz CT molecular complexity index is 848. The fraction of sp³-hybridized carbons (Fsp3) is 0.625. The molecular formula is C24H32O6. The zero-order valence-corrected chi connectivity index (χ0v) is 18.7. The van der Waals surface area contributed by atoms with Gasteiger partial charge in [0.1, 0.15) is 18.3 Å². The first-order valence-corrected chi connectivity index (χ1v) is 10.6. The van der Waals surface area contributed by atoms with E-state index in [1.165, 1.54) is 13.8 Å². The third kappa shape index (κ3) is 4.09. The van der Waals surface area contributed by atoms with E-state index in [-0.39, 0.29) is 29.9 Å². The van der Waals surface area contributed by atoms with Crippen molar-refractivity contribution in [3.05, 3.63) is 34.4 Å². The summed E-state index contributed by atoms with van der Waals surface area (Å²) in [5, 5.41) is 0. The molecule has 0 amide bonds. The maximum absolute atomic E-state index is 12.3.